The fourth-order valence-electron chi connectivity index (χ4n) is 6.13. The first-order valence-electron chi connectivity index (χ1n) is 16.5. The van der Waals surface area contributed by atoms with Crippen LogP contribution in [0.2, 0.25) is 0 Å². The fraction of sp³-hybridized carbons (Fsp3) is 0.316. The second-order valence-corrected chi connectivity index (χ2v) is 12.6. The van der Waals surface area contributed by atoms with E-state index in [0.717, 1.165) is 25.9 Å². The number of carbonyl (C=O) groups is 2. The van der Waals surface area contributed by atoms with Gasteiger partial charge in [0.15, 0.2) is 34.4 Å². The molecule has 11 nitrogen and oxygen atoms in total. The summed E-state index contributed by atoms with van der Waals surface area (Å²) in [5, 5.41) is 0. The summed E-state index contributed by atoms with van der Waals surface area (Å²) in [6, 6.07) is 19.1. The van der Waals surface area contributed by atoms with Crippen molar-refractivity contribution in [2.45, 2.75) is 32.7 Å². The lowest BCUT2D eigenvalue weighted by Gasteiger charge is -2.26. The van der Waals surface area contributed by atoms with Gasteiger partial charge in [-0.25, -0.2) is 9.79 Å². The Kier molecular flexibility index (Phi) is 10.7. The molecule has 1 saturated heterocycles. The molecule has 4 aromatic rings. The number of fused-ring (bicyclic) bond motifs is 1. The summed E-state index contributed by atoms with van der Waals surface area (Å²) < 4.78 is 30.3. The van der Waals surface area contributed by atoms with Gasteiger partial charge in [0.2, 0.25) is 0 Å². The van der Waals surface area contributed by atoms with E-state index in [4.69, 9.17) is 28.7 Å². The van der Waals surface area contributed by atoms with Gasteiger partial charge < -0.3 is 28.6 Å². The van der Waals surface area contributed by atoms with Crippen molar-refractivity contribution in [1.82, 2.24) is 9.47 Å². The lowest BCUT2D eigenvalue weighted by molar-refractivity contribution is -0.139. The maximum atomic E-state index is 14.4. The summed E-state index contributed by atoms with van der Waals surface area (Å²) in [6.07, 6.45) is 3.76. The van der Waals surface area contributed by atoms with Crippen molar-refractivity contribution in [2.75, 3.05) is 47.1 Å². The summed E-state index contributed by atoms with van der Waals surface area (Å²) in [7, 11) is 3.07. The molecule has 12 heteroatoms. The maximum Gasteiger partial charge on any atom is 0.338 e. The number of carbonyl (C=O) groups excluding carboxylic acids is 2. The molecule has 1 atom stereocenters. The third kappa shape index (κ3) is 7.02. The standard InChI is InChI=1S/C38H39N3O8S/c1-5-47-30-20-24(14-16-28(30)49-23-32(42)40-18-10-11-19-40)21-31-36(43)41-35(26-15-17-27(45-3)29(22-26)46-4)33(37(44)48-6-2)34(39-38(41)50-31)25-12-8-7-9-13-25/h7-9,12-17,20-22,35H,5-6,10-11,18-19,23H2,1-4H3/b31-21+/t35-/m1/s1. The maximum absolute atomic E-state index is 14.4. The van der Waals surface area contributed by atoms with Gasteiger partial charge in [-0.2, -0.15) is 0 Å². The Morgan fingerprint density at radius 1 is 0.880 bits per heavy atom. The molecular formula is C38H39N3O8S. The third-order valence-corrected chi connectivity index (χ3v) is 9.46. The van der Waals surface area contributed by atoms with E-state index in [0.29, 0.717) is 61.3 Å². The minimum absolute atomic E-state index is 0.0590. The smallest absolute Gasteiger partial charge is 0.338 e. The molecule has 0 saturated carbocycles. The Bertz CT molecular complexity index is 2100. The third-order valence-electron chi connectivity index (χ3n) is 8.47. The topological polar surface area (TPSA) is 118 Å². The Balaban J connectivity index is 1.48. The highest BCUT2D eigenvalue weighted by Gasteiger charge is 2.35. The molecule has 1 fully saturated rings. The van der Waals surface area contributed by atoms with Gasteiger partial charge in [0.1, 0.15) is 0 Å². The quantitative estimate of drug-likeness (QED) is 0.201. The SMILES string of the molecule is CCOC(=O)C1=C(c2ccccc2)N=c2s/c(=C/c3ccc(OCC(=O)N4CCCC4)c(OCC)c3)c(=O)n2[C@@H]1c1ccc(OC)c(OC)c1. The Labute approximate surface area is 293 Å². The molecule has 0 spiro atoms. The van der Waals surface area contributed by atoms with Crippen LogP contribution in [0.3, 0.4) is 0 Å². The second kappa shape index (κ2) is 15.5. The van der Waals surface area contributed by atoms with Crippen LogP contribution in [-0.4, -0.2) is 68.5 Å². The molecule has 50 heavy (non-hydrogen) atoms. The van der Waals surface area contributed by atoms with Gasteiger partial charge in [0.05, 0.1) is 49.3 Å². The highest BCUT2D eigenvalue weighted by molar-refractivity contribution is 7.07. The average Bonchev–Trinajstić information content (AvgIpc) is 3.79. The monoisotopic (exact) mass is 697 g/mol. The van der Waals surface area contributed by atoms with Crippen LogP contribution in [0.1, 0.15) is 49.4 Å². The summed E-state index contributed by atoms with van der Waals surface area (Å²) in [6.45, 7) is 5.53. The Morgan fingerprint density at radius 3 is 2.32 bits per heavy atom. The van der Waals surface area contributed by atoms with E-state index in [1.54, 1.807) is 55.3 Å². The van der Waals surface area contributed by atoms with Crippen LogP contribution >= 0.6 is 11.3 Å². The van der Waals surface area contributed by atoms with Crippen LogP contribution in [0.15, 0.2) is 82.1 Å². The first kappa shape index (κ1) is 34.5. The summed E-state index contributed by atoms with van der Waals surface area (Å²) in [5.74, 6) is 1.22. The molecule has 0 unspecified atom stereocenters. The highest BCUT2D eigenvalue weighted by Crippen LogP contribution is 2.38. The number of thiazole rings is 1. The van der Waals surface area contributed by atoms with Crippen molar-refractivity contribution in [3.63, 3.8) is 0 Å². The van der Waals surface area contributed by atoms with Crippen molar-refractivity contribution in [3.8, 4) is 23.0 Å². The summed E-state index contributed by atoms with van der Waals surface area (Å²) >= 11 is 1.21. The summed E-state index contributed by atoms with van der Waals surface area (Å²) in [4.78, 5) is 47.9. The number of amides is 1. The van der Waals surface area contributed by atoms with Crippen LogP contribution < -0.4 is 33.8 Å². The molecule has 6 rings (SSSR count). The lowest BCUT2D eigenvalue weighted by atomic mass is 9.93. The first-order valence-corrected chi connectivity index (χ1v) is 17.4. The zero-order chi connectivity index (χ0) is 35.2. The van der Waals surface area contributed by atoms with Gasteiger partial charge in [-0.3, -0.25) is 14.2 Å². The van der Waals surface area contributed by atoms with Crippen LogP contribution in [0, 0.1) is 0 Å². The van der Waals surface area contributed by atoms with E-state index < -0.39 is 12.0 Å². The van der Waals surface area contributed by atoms with E-state index in [1.807, 2.05) is 43.3 Å². The van der Waals surface area contributed by atoms with E-state index in [-0.39, 0.29) is 30.3 Å². The van der Waals surface area contributed by atoms with E-state index >= 15 is 0 Å². The van der Waals surface area contributed by atoms with Crippen molar-refractivity contribution in [3.05, 3.63) is 109 Å². The molecular weight excluding hydrogens is 658 g/mol. The van der Waals surface area contributed by atoms with Gasteiger partial charge in [-0.05, 0) is 68.2 Å². The zero-order valence-electron chi connectivity index (χ0n) is 28.5. The van der Waals surface area contributed by atoms with E-state index in [1.165, 1.54) is 23.0 Å². The largest absolute Gasteiger partial charge is 0.493 e. The van der Waals surface area contributed by atoms with Gasteiger partial charge >= 0.3 is 5.97 Å². The predicted octanol–water partition coefficient (Wildman–Crippen LogP) is 4.35. The number of likely N-dealkylation sites (tertiary alicyclic amines) is 1. The van der Waals surface area contributed by atoms with Crippen molar-refractivity contribution < 1.29 is 33.3 Å². The number of ether oxygens (including phenoxy) is 5. The van der Waals surface area contributed by atoms with Crippen molar-refractivity contribution in [2.24, 2.45) is 4.99 Å². The fourth-order valence-corrected chi connectivity index (χ4v) is 7.13. The Morgan fingerprint density at radius 2 is 1.62 bits per heavy atom. The van der Waals surface area contributed by atoms with Crippen LogP contribution in [0.25, 0.3) is 11.8 Å². The number of hydrogen-bond acceptors (Lipinski definition) is 10. The molecule has 0 radical (unpaired) electrons. The highest BCUT2D eigenvalue weighted by atomic mass is 32.1. The number of nitrogens with zero attached hydrogens (tertiary/aromatic N) is 3. The van der Waals surface area contributed by atoms with E-state index in [2.05, 4.69) is 0 Å². The number of methoxy groups -OCH3 is 2. The zero-order valence-corrected chi connectivity index (χ0v) is 29.3. The lowest BCUT2D eigenvalue weighted by Crippen LogP contribution is -2.40. The molecule has 1 amide bonds. The number of hydrogen-bond donors (Lipinski definition) is 0. The van der Waals surface area contributed by atoms with E-state index in [9.17, 15) is 14.4 Å². The van der Waals surface area contributed by atoms with Crippen molar-refractivity contribution >= 4 is 35.0 Å². The van der Waals surface area contributed by atoms with Crippen LogP contribution in [0.4, 0.5) is 0 Å². The average molecular weight is 698 g/mol. The molecule has 0 aliphatic carbocycles. The molecule has 3 heterocycles. The molecule has 1 aromatic heterocycles. The molecule has 3 aromatic carbocycles. The molecule has 0 N–H and O–H groups in total. The molecule has 0 bridgehead atoms. The predicted molar refractivity (Wildman–Crippen MR) is 190 cm³/mol. The minimum Gasteiger partial charge on any atom is -0.493 e. The van der Waals surface area contributed by atoms with Gasteiger partial charge in [-0.1, -0.05) is 53.8 Å². The summed E-state index contributed by atoms with van der Waals surface area (Å²) in [5.41, 5.74) is 2.32. The molecule has 2 aliphatic heterocycles. The first-order chi connectivity index (χ1) is 24.4. The second-order valence-electron chi connectivity index (χ2n) is 11.6. The molecule has 2 aliphatic rings. The van der Waals surface area contributed by atoms with Gasteiger partial charge in [0, 0.05) is 18.7 Å². The number of rotatable bonds is 12. The minimum atomic E-state index is -0.884. The normalized spacial score (nSPS) is 15.7. The number of benzene rings is 3. The van der Waals surface area contributed by atoms with Gasteiger partial charge in [0.25, 0.3) is 11.5 Å². The van der Waals surface area contributed by atoms with Crippen LogP contribution in [0.5, 0.6) is 23.0 Å². The van der Waals surface area contributed by atoms with Gasteiger partial charge in [-0.15, -0.1) is 0 Å². The van der Waals surface area contributed by atoms with Crippen LogP contribution in [-0.2, 0) is 14.3 Å². The van der Waals surface area contributed by atoms with Crippen molar-refractivity contribution in [1.29, 1.82) is 0 Å². The Hall–Kier alpha value is -5.36. The number of esters is 1. The molecule has 260 valence electrons. The number of aromatic nitrogens is 1.